The predicted octanol–water partition coefficient (Wildman–Crippen LogP) is 2.90. The van der Waals surface area contributed by atoms with Crippen LogP contribution in [0, 0.1) is 6.92 Å². The van der Waals surface area contributed by atoms with Gasteiger partial charge in [-0.25, -0.2) is 0 Å². The van der Waals surface area contributed by atoms with Gasteiger partial charge in [-0.3, -0.25) is 9.69 Å². The minimum Gasteiger partial charge on any atom is -0.362 e. The first-order valence-electron chi connectivity index (χ1n) is 8.80. The van der Waals surface area contributed by atoms with Crippen molar-refractivity contribution in [1.29, 1.82) is 0 Å². The number of H-pyrrole nitrogens is 1. The van der Waals surface area contributed by atoms with Gasteiger partial charge in [0, 0.05) is 37.1 Å². The van der Waals surface area contributed by atoms with E-state index in [4.69, 9.17) is 0 Å². The highest BCUT2D eigenvalue weighted by atomic mass is 16.1. The maximum Gasteiger partial charge on any atom is 0.272 e. The van der Waals surface area contributed by atoms with E-state index in [2.05, 4.69) is 39.9 Å². The van der Waals surface area contributed by atoms with E-state index in [-0.39, 0.29) is 5.56 Å². The highest BCUT2D eigenvalue weighted by Gasteiger charge is 2.35. The Bertz CT molecular complexity index is 778. The van der Waals surface area contributed by atoms with Crippen molar-refractivity contribution in [3.8, 4) is 0 Å². The van der Waals surface area contributed by atoms with E-state index >= 15 is 0 Å². The zero-order chi connectivity index (χ0) is 16.0. The Morgan fingerprint density at radius 3 is 2.83 bits per heavy atom. The van der Waals surface area contributed by atoms with Crippen molar-refractivity contribution in [2.45, 2.75) is 45.2 Å². The minimum atomic E-state index is 0.0464. The number of anilines is 1. The van der Waals surface area contributed by atoms with Gasteiger partial charge in [0.2, 0.25) is 0 Å². The highest BCUT2D eigenvalue weighted by molar-refractivity contribution is 5.84. The summed E-state index contributed by atoms with van der Waals surface area (Å²) >= 11 is 0. The van der Waals surface area contributed by atoms with Gasteiger partial charge in [-0.15, -0.1) is 0 Å². The number of aromatic nitrogens is 1. The first-order valence-corrected chi connectivity index (χ1v) is 8.80. The molecule has 1 N–H and O–H groups in total. The largest absolute Gasteiger partial charge is 0.362 e. The van der Waals surface area contributed by atoms with Crippen molar-refractivity contribution in [2.24, 2.45) is 0 Å². The lowest BCUT2D eigenvalue weighted by atomic mass is 10.1. The normalized spacial score (nSPS) is 22.7. The van der Waals surface area contributed by atoms with Crippen LogP contribution in [0.25, 0.3) is 10.9 Å². The molecule has 0 spiro atoms. The molecule has 1 aromatic heterocycles. The van der Waals surface area contributed by atoms with Crippen LogP contribution in [-0.4, -0.2) is 41.6 Å². The van der Waals surface area contributed by atoms with Crippen LogP contribution in [0.15, 0.2) is 29.1 Å². The monoisotopic (exact) mass is 311 g/mol. The number of aromatic amines is 1. The van der Waals surface area contributed by atoms with E-state index in [1.54, 1.807) is 0 Å². The molecular formula is C19H25N3O. The Hall–Kier alpha value is -1.81. The summed E-state index contributed by atoms with van der Waals surface area (Å²) in [6, 6.07) is 9.51. The summed E-state index contributed by atoms with van der Waals surface area (Å²) in [4.78, 5) is 20.7. The summed E-state index contributed by atoms with van der Waals surface area (Å²) in [6.07, 6.45) is 3.78. The van der Waals surface area contributed by atoms with Gasteiger partial charge in [-0.1, -0.05) is 25.1 Å². The van der Waals surface area contributed by atoms with E-state index in [1.807, 2.05) is 13.0 Å². The van der Waals surface area contributed by atoms with Gasteiger partial charge in [-0.2, -0.15) is 0 Å². The molecule has 2 aliphatic rings. The number of nitrogens with zero attached hydrogens (tertiary/aromatic N) is 2. The van der Waals surface area contributed by atoms with Crippen LogP contribution in [0.3, 0.4) is 0 Å². The summed E-state index contributed by atoms with van der Waals surface area (Å²) in [5.41, 5.74) is 2.97. The first-order chi connectivity index (χ1) is 11.2. The molecule has 1 aliphatic carbocycles. The van der Waals surface area contributed by atoms with E-state index < -0.39 is 0 Å². The lowest BCUT2D eigenvalue weighted by molar-refractivity contribution is 0.211. The van der Waals surface area contributed by atoms with Crippen LogP contribution < -0.4 is 10.5 Å². The summed E-state index contributed by atoms with van der Waals surface area (Å²) in [6.45, 7) is 7.39. The molecule has 23 heavy (non-hydrogen) atoms. The Kier molecular flexibility index (Phi) is 3.64. The second kappa shape index (κ2) is 5.68. The van der Waals surface area contributed by atoms with Crippen LogP contribution in [0.2, 0.25) is 0 Å². The van der Waals surface area contributed by atoms with Crippen molar-refractivity contribution in [1.82, 2.24) is 9.88 Å². The number of nitrogens with one attached hydrogen (secondary N) is 1. The number of fused-ring (bicyclic) bond motifs is 1. The second-order valence-electron chi connectivity index (χ2n) is 7.00. The number of para-hydroxylation sites is 1. The number of hydrogen-bond donors (Lipinski definition) is 1. The topological polar surface area (TPSA) is 39.3 Å². The maximum absolute atomic E-state index is 12.7. The molecule has 122 valence electrons. The molecule has 2 fully saturated rings. The van der Waals surface area contributed by atoms with Crippen molar-refractivity contribution >= 4 is 16.6 Å². The van der Waals surface area contributed by atoms with Gasteiger partial charge in [0.25, 0.3) is 5.56 Å². The number of piperazine rings is 1. The van der Waals surface area contributed by atoms with E-state index in [0.717, 1.165) is 54.3 Å². The number of aryl methyl sites for hydroxylation is 1. The number of hydrogen-bond acceptors (Lipinski definition) is 3. The summed E-state index contributed by atoms with van der Waals surface area (Å²) in [5, 5.41) is 1.12. The average Bonchev–Trinajstić information content (AvgIpc) is 3.40. The summed E-state index contributed by atoms with van der Waals surface area (Å²) in [7, 11) is 0. The zero-order valence-corrected chi connectivity index (χ0v) is 14.0. The predicted molar refractivity (Wildman–Crippen MR) is 95.3 cm³/mol. The third kappa shape index (κ3) is 2.65. The SMILES string of the molecule is CCC1CN(C2CC2)CCN1c1cc2cccc(C)c2[nH]c1=O. The molecular weight excluding hydrogens is 286 g/mol. The van der Waals surface area contributed by atoms with E-state index in [9.17, 15) is 4.79 Å². The molecule has 4 nitrogen and oxygen atoms in total. The average molecular weight is 311 g/mol. The lowest BCUT2D eigenvalue weighted by Gasteiger charge is -2.42. The minimum absolute atomic E-state index is 0.0464. The molecule has 0 radical (unpaired) electrons. The van der Waals surface area contributed by atoms with Crippen molar-refractivity contribution < 1.29 is 0 Å². The fourth-order valence-electron chi connectivity index (χ4n) is 3.90. The van der Waals surface area contributed by atoms with Crippen LogP contribution in [0.5, 0.6) is 0 Å². The lowest BCUT2D eigenvalue weighted by Crippen LogP contribution is -2.54. The third-order valence-corrected chi connectivity index (χ3v) is 5.43. The van der Waals surface area contributed by atoms with Gasteiger partial charge in [0.05, 0.1) is 5.52 Å². The molecule has 1 unspecified atom stereocenters. The number of rotatable bonds is 3. The Morgan fingerprint density at radius 1 is 1.26 bits per heavy atom. The molecule has 1 atom stereocenters. The van der Waals surface area contributed by atoms with Crippen molar-refractivity contribution in [3.63, 3.8) is 0 Å². The Balaban J connectivity index is 1.70. The Labute approximate surface area is 137 Å². The van der Waals surface area contributed by atoms with Gasteiger partial charge in [0.15, 0.2) is 0 Å². The molecule has 4 rings (SSSR count). The number of pyridine rings is 1. The van der Waals surface area contributed by atoms with Gasteiger partial charge < -0.3 is 9.88 Å². The molecule has 4 heteroatoms. The molecule has 0 amide bonds. The van der Waals surface area contributed by atoms with Crippen LogP contribution >= 0.6 is 0 Å². The van der Waals surface area contributed by atoms with Gasteiger partial charge in [-0.05, 0) is 37.8 Å². The smallest absolute Gasteiger partial charge is 0.272 e. The molecule has 1 saturated heterocycles. The molecule has 0 bridgehead atoms. The van der Waals surface area contributed by atoms with Crippen molar-refractivity contribution in [2.75, 3.05) is 24.5 Å². The van der Waals surface area contributed by atoms with Gasteiger partial charge in [0.1, 0.15) is 5.69 Å². The summed E-state index contributed by atoms with van der Waals surface area (Å²) < 4.78 is 0. The molecule has 1 saturated carbocycles. The van der Waals surface area contributed by atoms with E-state index in [0.29, 0.717) is 6.04 Å². The zero-order valence-electron chi connectivity index (χ0n) is 14.0. The third-order valence-electron chi connectivity index (χ3n) is 5.43. The number of benzene rings is 1. The quantitative estimate of drug-likeness (QED) is 0.947. The second-order valence-corrected chi connectivity index (χ2v) is 7.00. The van der Waals surface area contributed by atoms with E-state index in [1.165, 1.54) is 12.8 Å². The highest BCUT2D eigenvalue weighted by Crippen LogP contribution is 2.31. The van der Waals surface area contributed by atoms with Gasteiger partial charge >= 0.3 is 0 Å². The fourth-order valence-corrected chi connectivity index (χ4v) is 3.90. The maximum atomic E-state index is 12.7. The van der Waals surface area contributed by atoms with Crippen molar-refractivity contribution in [3.05, 3.63) is 40.2 Å². The molecule has 2 heterocycles. The molecule has 2 aromatic rings. The fraction of sp³-hybridized carbons (Fsp3) is 0.526. The molecule has 1 aromatic carbocycles. The van der Waals surface area contributed by atoms with Crippen LogP contribution in [0.4, 0.5) is 5.69 Å². The summed E-state index contributed by atoms with van der Waals surface area (Å²) in [5.74, 6) is 0. The van der Waals surface area contributed by atoms with Crippen LogP contribution in [-0.2, 0) is 0 Å². The Morgan fingerprint density at radius 2 is 2.09 bits per heavy atom. The molecule has 1 aliphatic heterocycles. The van der Waals surface area contributed by atoms with Crippen LogP contribution in [0.1, 0.15) is 31.7 Å². The standard InChI is InChI=1S/C19H25N3O/c1-3-15-12-21(16-7-8-16)9-10-22(15)17-11-14-6-4-5-13(2)18(14)20-19(17)23/h4-6,11,15-16H,3,7-10,12H2,1-2H3,(H,20,23). The first kappa shape index (κ1) is 14.8.